The molecule has 3 rings (SSSR count). The van der Waals surface area contributed by atoms with Crippen molar-refractivity contribution in [2.24, 2.45) is 0 Å². The van der Waals surface area contributed by atoms with Gasteiger partial charge in [-0.15, -0.1) is 0 Å². The summed E-state index contributed by atoms with van der Waals surface area (Å²) in [6, 6.07) is 21.8. The fourth-order valence-corrected chi connectivity index (χ4v) is 3.43. The van der Waals surface area contributed by atoms with Crippen molar-refractivity contribution in [1.29, 1.82) is 0 Å². The Morgan fingerprint density at radius 2 is 1.54 bits per heavy atom. The van der Waals surface area contributed by atoms with Crippen LogP contribution in [-0.2, 0) is 16.7 Å². The Balaban J connectivity index is 1.64. The van der Waals surface area contributed by atoms with Crippen LogP contribution in [0, 0.1) is 13.8 Å². The number of hydrogen-bond acceptors (Lipinski definition) is 4. The van der Waals surface area contributed by atoms with E-state index in [1.54, 1.807) is 36.4 Å². The largest absolute Gasteiger partial charge is 0.381 e. The van der Waals surface area contributed by atoms with Gasteiger partial charge in [-0.05, 0) is 61.4 Å². The van der Waals surface area contributed by atoms with Crippen molar-refractivity contribution in [2.75, 3.05) is 5.32 Å². The van der Waals surface area contributed by atoms with Crippen LogP contribution in [0.1, 0.15) is 16.7 Å². The normalized spacial score (nSPS) is 11.2. The second-order valence-electron chi connectivity index (χ2n) is 6.22. The third kappa shape index (κ3) is 4.64. The zero-order chi connectivity index (χ0) is 18.6. The number of nitrogens with one attached hydrogen (secondary N) is 1. The Hall–Kier alpha value is -2.79. The maximum absolute atomic E-state index is 12.3. The fourth-order valence-electron chi connectivity index (χ4n) is 2.50. The summed E-state index contributed by atoms with van der Waals surface area (Å²) in [5.74, 6) is 0.296. The van der Waals surface area contributed by atoms with E-state index in [2.05, 4.69) is 11.4 Å². The molecule has 0 bridgehead atoms. The van der Waals surface area contributed by atoms with Crippen molar-refractivity contribution in [3.05, 3.63) is 89.5 Å². The van der Waals surface area contributed by atoms with Crippen LogP contribution >= 0.6 is 0 Å². The monoisotopic (exact) mass is 367 g/mol. The van der Waals surface area contributed by atoms with Crippen molar-refractivity contribution in [3.63, 3.8) is 0 Å². The van der Waals surface area contributed by atoms with Crippen molar-refractivity contribution >= 4 is 15.8 Å². The van der Waals surface area contributed by atoms with E-state index >= 15 is 0 Å². The van der Waals surface area contributed by atoms with Gasteiger partial charge in [0.15, 0.2) is 0 Å². The standard InChI is InChI=1S/C21H21NO3S/c1-16-6-12-21(13-7-16)26(23,24)25-20-10-8-18(9-11-20)15-22-19-5-3-4-17(2)14-19/h3-14,22H,15H2,1-2H3. The predicted molar refractivity (Wildman–Crippen MR) is 104 cm³/mol. The summed E-state index contributed by atoms with van der Waals surface area (Å²) in [5.41, 5.74) is 4.27. The van der Waals surface area contributed by atoms with Gasteiger partial charge in [0.05, 0.1) is 0 Å². The molecule has 0 aromatic heterocycles. The zero-order valence-electron chi connectivity index (χ0n) is 14.8. The maximum Gasteiger partial charge on any atom is 0.339 e. The first-order valence-corrected chi connectivity index (χ1v) is 9.74. The molecule has 0 spiro atoms. The molecule has 4 nitrogen and oxygen atoms in total. The summed E-state index contributed by atoms with van der Waals surface area (Å²) in [4.78, 5) is 0.147. The van der Waals surface area contributed by atoms with Gasteiger partial charge in [-0.25, -0.2) is 0 Å². The van der Waals surface area contributed by atoms with E-state index in [0.717, 1.165) is 16.8 Å². The van der Waals surface area contributed by atoms with Crippen molar-refractivity contribution in [1.82, 2.24) is 0 Å². The molecule has 0 unspecified atom stereocenters. The topological polar surface area (TPSA) is 55.4 Å². The van der Waals surface area contributed by atoms with Crippen LogP contribution in [-0.4, -0.2) is 8.42 Å². The molecule has 0 amide bonds. The molecule has 0 heterocycles. The van der Waals surface area contributed by atoms with Crippen molar-refractivity contribution in [2.45, 2.75) is 25.3 Å². The Morgan fingerprint density at radius 3 is 2.19 bits per heavy atom. The number of rotatable bonds is 6. The minimum atomic E-state index is -3.82. The Morgan fingerprint density at radius 1 is 0.846 bits per heavy atom. The van der Waals surface area contributed by atoms with Gasteiger partial charge in [0.25, 0.3) is 0 Å². The summed E-state index contributed by atoms with van der Waals surface area (Å²) in [6.07, 6.45) is 0. The second kappa shape index (κ2) is 7.62. The highest BCUT2D eigenvalue weighted by atomic mass is 32.2. The van der Waals surface area contributed by atoms with Gasteiger partial charge in [-0.3, -0.25) is 0 Å². The maximum atomic E-state index is 12.3. The zero-order valence-corrected chi connectivity index (χ0v) is 15.6. The minimum Gasteiger partial charge on any atom is -0.381 e. The second-order valence-corrected chi connectivity index (χ2v) is 7.76. The molecule has 134 valence electrons. The third-order valence-electron chi connectivity index (χ3n) is 3.95. The molecule has 0 aliphatic carbocycles. The summed E-state index contributed by atoms with van der Waals surface area (Å²) in [5, 5.41) is 3.34. The molecule has 0 aliphatic rings. The van der Waals surface area contributed by atoms with E-state index in [4.69, 9.17) is 4.18 Å². The smallest absolute Gasteiger partial charge is 0.339 e. The Bertz CT molecular complexity index is 979. The van der Waals surface area contributed by atoms with Crippen LogP contribution in [0.2, 0.25) is 0 Å². The van der Waals surface area contributed by atoms with E-state index in [-0.39, 0.29) is 4.90 Å². The van der Waals surface area contributed by atoms with Crippen molar-refractivity contribution < 1.29 is 12.6 Å². The highest BCUT2D eigenvalue weighted by Gasteiger charge is 2.16. The highest BCUT2D eigenvalue weighted by Crippen LogP contribution is 2.20. The van der Waals surface area contributed by atoms with Crippen LogP contribution in [0.25, 0.3) is 0 Å². The lowest BCUT2D eigenvalue weighted by Crippen LogP contribution is -2.09. The molecular formula is C21H21NO3S. The van der Waals surface area contributed by atoms with Crippen LogP contribution in [0.3, 0.4) is 0 Å². The van der Waals surface area contributed by atoms with Gasteiger partial charge in [-0.1, -0.05) is 42.0 Å². The lowest BCUT2D eigenvalue weighted by molar-refractivity contribution is 0.486. The van der Waals surface area contributed by atoms with E-state index in [9.17, 15) is 8.42 Å². The molecule has 5 heteroatoms. The molecule has 1 N–H and O–H groups in total. The van der Waals surface area contributed by atoms with Gasteiger partial charge < -0.3 is 9.50 Å². The van der Waals surface area contributed by atoms with E-state index in [1.165, 1.54) is 5.56 Å². The van der Waals surface area contributed by atoms with Gasteiger partial charge in [-0.2, -0.15) is 8.42 Å². The fraction of sp³-hybridized carbons (Fsp3) is 0.143. The van der Waals surface area contributed by atoms with Gasteiger partial charge in [0.2, 0.25) is 0 Å². The van der Waals surface area contributed by atoms with E-state index < -0.39 is 10.1 Å². The minimum absolute atomic E-state index is 0.147. The number of benzene rings is 3. The van der Waals surface area contributed by atoms with Crippen molar-refractivity contribution in [3.8, 4) is 5.75 Å². The van der Waals surface area contributed by atoms with Crippen LogP contribution < -0.4 is 9.50 Å². The molecule has 0 saturated heterocycles. The molecule has 0 aliphatic heterocycles. The van der Waals surface area contributed by atoms with Crippen LogP contribution in [0.4, 0.5) is 5.69 Å². The van der Waals surface area contributed by atoms with E-state index in [0.29, 0.717) is 12.3 Å². The lowest BCUT2D eigenvalue weighted by atomic mass is 10.2. The van der Waals surface area contributed by atoms with Crippen LogP contribution in [0.15, 0.2) is 77.7 Å². The molecule has 3 aromatic carbocycles. The van der Waals surface area contributed by atoms with Gasteiger partial charge in [0.1, 0.15) is 10.6 Å². The quantitative estimate of drug-likeness (QED) is 0.643. The molecule has 3 aromatic rings. The lowest BCUT2D eigenvalue weighted by Gasteiger charge is -2.10. The number of hydrogen-bond donors (Lipinski definition) is 1. The molecule has 0 radical (unpaired) electrons. The number of anilines is 1. The number of aryl methyl sites for hydroxylation is 2. The third-order valence-corrected chi connectivity index (χ3v) is 5.22. The molecule has 0 saturated carbocycles. The summed E-state index contributed by atoms with van der Waals surface area (Å²) < 4.78 is 29.8. The summed E-state index contributed by atoms with van der Waals surface area (Å²) in [7, 11) is -3.82. The predicted octanol–water partition coefficient (Wildman–Crippen LogP) is 4.68. The molecule has 0 fully saturated rings. The van der Waals surface area contributed by atoms with Gasteiger partial charge in [0, 0.05) is 12.2 Å². The first-order chi connectivity index (χ1) is 12.4. The molecule has 0 atom stereocenters. The first-order valence-electron chi connectivity index (χ1n) is 8.33. The van der Waals surface area contributed by atoms with E-state index in [1.807, 2.05) is 44.2 Å². The molecular weight excluding hydrogens is 346 g/mol. The van der Waals surface area contributed by atoms with Crippen LogP contribution in [0.5, 0.6) is 5.75 Å². The van der Waals surface area contributed by atoms with Gasteiger partial charge >= 0.3 is 10.1 Å². The Labute approximate surface area is 154 Å². The highest BCUT2D eigenvalue weighted by molar-refractivity contribution is 7.87. The Kier molecular flexibility index (Phi) is 5.28. The summed E-state index contributed by atoms with van der Waals surface area (Å²) >= 11 is 0. The summed E-state index contributed by atoms with van der Waals surface area (Å²) in [6.45, 7) is 4.60. The molecule has 26 heavy (non-hydrogen) atoms. The SMILES string of the molecule is Cc1ccc(S(=O)(=O)Oc2ccc(CNc3cccc(C)c3)cc2)cc1. The average molecular weight is 367 g/mol. The first kappa shape index (κ1) is 18.0. The average Bonchev–Trinajstić information content (AvgIpc) is 2.61.